The van der Waals surface area contributed by atoms with Crippen molar-refractivity contribution in [2.75, 3.05) is 12.3 Å². The van der Waals surface area contributed by atoms with Crippen LogP contribution in [0, 0.1) is 5.82 Å². The molecule has 9 heteroatoms. The number of primary amides is 1. The summed E-state index contributed by atoms with van der Waals surface area (Å²) < 4.78 is 39.5. The Balaban J connectivity index is 3.45. The van der Waals surface area contributed by atoms with Crippen LogP contribution >= 0.6 is 11.6 Å². The van der Waals surface area contributed by atoms with Gasteiger partial charge in [0.2, 0.25) is 15.9 Å². The molecule has 0 atom stereocenters. The zero-order valence-corrected chi connectivity index (χ0v) is 12.5. The standard InChI is InChI=1S/C11H15ClFN3O3S/c1-6(2)16(5-10(15)17)20(18,19)9-4-7(14)3-8(12)11(9)13/h3-4,6H,5,14H2,1-2H3,(H2,15,17). The second-order valence-corrected chi connectivity index (χ2v) is 6.69. The van der Waals surface area contributed by atoms with Crippen LogP contribution < -0.4 is 11.5 Å². The number of sulfonamides is 1. The van der Waals surface area contributed by atoms with Gasteiger partial charge in [-0.25, -0.2) is 12.8 Å². The number of nitrogens with zero attached hydrogens (tertiary/aromatic N) is 1. The lowest BCUT2D eigenvalue weighted by molar-refractivity contribution is -0.118. The third kappa shape index (κ3) is 3.38. The van der Waals surface area contributed by atoms with Gasteiger partial charge in [-0.15, -0.1) is 0 Å². The smallest absolute Gasteiger partial charge is 0.246 e. The van der Waals surface area contributed by atoms with E-state index in [1.165, 1.54) is 13.8 Å². The Labute approximate surface area is 121 Å². The van der Waals surface area contributed by atoms with Crippen molar-refractivity contribution in [2.24, 2.45) is 5.73 Å². The first-order chi connectivity index (χ1) is 9.07. The molecule has 0 unspecified atom stereocenters. The zero-order chi connectivity index (χ0) is 15.7. The molecular weight excluding hydrogens is 309 g/mol. The van der Waals surface area contributed by atoms with Gasteiger partial charge in [-0.05, 0) is 26.0 Å². The van der Waals surface area contributed by atoms with Crippen LogP contribution in [0.3, 0.4) is 0 Å². The van der Waals surface area contributed by atoms with Gasteiger partial charge in [0.25, 0.3) is 0 Å². The molecular formula is C11H15ClFN3O3S. The third-order valence-electron chi connectivity index (χ3n) is 2.49. The number of hydrogen-bond acceptors (Lipinski definition) is 4. The first-order valence-electron chi connectivity index (χ1n) is 5.62. The number of benzene rings is 1. The van der Waals surface area contributed by atoms with Crippen LogP contribution in [0.5, 0.6) is 0 Å². The normalized spacial score (nSPS) is 12.1. The van der Waals surface area contributed by atoms with Crippen molar-refractivity contribution in [3.63, 3.8) is 0 Å². The zero-order valence-electron chi connectivity index (χ0n) is 10.9. The van der Waals surface area contributed by atoms with Gasteiger partial charge in [-0.1, -0.05) is 11.6 Å². The Kier molecular flexibility index (Phi) is 4.95. The van der Waals surface area contributed by atoms with E-state index in [1.807, 2.05) is 0 Å². The highest BCUT2D eigenvalue weighted by Crippen LogP contribution is 2.28. The number of carbonyl (C=O) groups excluding carboxylic acids is 1. The minimum atomic E-state index is -4.28. The number of hydrogen-bond donors (Lipinski definition) is 2. The molecule has 1 rings (SSSR count). The fourth-order valence-electron chi connectivity index (χ4n) is 1.60. The lowest BCUT2D eigenvalue weighted by Crippen LogP contribution is -2.43. The third-order valence-corrected chi connectivity index (χ3v) is 4.79. The summed E-state index contributed by atoms with van der Waals surface area (Å²) in [6.45, 7) is 2.50. The van der Waals surface area contributed by atoms with Crippen molar-refractivity contribution in [3.05, 3.63) is 23.0 Å². The number of halogens is 2. The fourth-order valence-corrected chi connectivity index (χ4v) is 3.61. The van der Waals surface area contributed by atoms with E-state index in [-0.39, 0.29) is 5.69 Å². The number of amides is 1. The summed E-state index contributed by atoms with van der Waals surface area (Å²) >= 11 is 5.59. The lowest BCUT2D eigenvalue weighted by atomic mass is 10.3. The Morgan fingerprint density at radius 1 is 1.45 bits per heavy atom. The molecule has 6 nitrogen and oxygen atoms in total. The number of nitrogen functional groups attached to an aromatic ring is 1. The highest BCUT2D eigenvalue weighted by atomic mass is 35.5. The molecule has 1 amide bonds. The summed E-state index contributed by atoms with van der Waals surface area (Å²) in [7, 11) is -4.28. The SMILES string of the molecule is CC(C)N(CC(N)=O)S(=O)(=O)c1cc(N)cc(Cl)c1F. The first-order valence-corrected chi connectivity index (χ1v) is 7.43. The van der Waals surface area contributed by atoms with Crippen molar-refractivity contribution >= 4 is 33.2 Å². The minimum absolute atomic E-state index is 0.00208. The number of nitrogens with two attached hydrogens (primary N) is 2. The van der Waals surface area contributed by atoms with Crippen molar-refractivity contribution in [3.8, 4) is 0 Å². The Morgan fingerprint density at radius 3 is 2.45 bits per heavy atom. The number of anilines is 1. The molecule has 0 aliphatic heterocycles. The molecule has 1 aromatic rings. The highest BCUT2D eigenvalue weighted by Gasteiger charge is 2.32. The van der Waals surface area contributed by atoms with Crippen LogP contribution in [-0.2, 0) is 14.8 Å². The van der Waals surface area contributed by atoms with E-state index in [0.29, 0.717) is 0 Å². The van der Waals surface area contributed by atoms with E-state index in [0.717, 1.165) is 16.4 Å². The van der Waals surface area contributed by atoms with Gasteiger partial charge in [0.1, 0.15) is 4.90 Å². The Morgan fingerprint density at radius 2 is 2.00 bits per heavy atom. The Hall–Kier alpha value is -1.38. The molecule has 20 heavy (non-hydrogen) atoms. The van der Waals surface area contributed by atoms with Gasteiger partial charge >= 0.3 is 0 Å². The van der Waals surface area contributed by atoms with Crippen LogP contribution in [0.1, 0.15) is 13.8 Å². The topological polar surface area (TPSA) is 106 Å². The largest absolute Gasteiger partial charge is 0.399 e. The Bertz CT molecular complexity index is 634. The molecule has 0 radical (unpaired) electrons. The van der Waals surface area contributed by atoms with E-state index in [2.05, 4.69) is 0 Å². The second kappa shape index (κ2) is 5.94. The average Bonchev–Trinajstić information content (AvgIpc) is 2.29. The number of carbonyl (C=O) groups is 1. The summed E-state index contributed by atoms with van der Waals surface area (Å²) in [4.78, 5) is 10.3. The average molecular weight is 324 g/mol. The van der Waals surface area contributed by atoms with Crippen LogP contribution in [-0.4, -0.2) is 31.2 Å². The van der Waals surface area contributed by atoms with E-state index in [1.54, 1.807) is 0 Å². The molecule has 0 aliphatic rings. The van der Waals surface area contributed by atoms with Gasteiger partial charge in [-0.2, -0.15) is 4.31 Å². The molecule has 0 fully saturated rings. The van der Waals surface area contributed by atoms with E-state index in [4.69, 9.17) is 23.1 Å². The van der Waals surface area contributed by atoms with Crippen molar-refractivity contribution in [1.82, 2.24) is 4.31 Å². The second-order valence-electron chi connectivity index (χ2n) is 4.43. The maximum absolute atomic E-state index is 13.9. The van der Waals surface area contributed by atoms with Crippen molar-refractivity contribution in [1.29, 1.82) is 0 Å². The summed E-state index contributed by atoms with van der Waals surface area (Å²) in [6, 6.07) is 1.46. The minimum Gasteiger partial charge on any atom is -0.399 e. The molecule has 0 heterocycles. The van der Waals surface area contributed by atoms with Gasteiger partial charge in [0, 0.05) is 11.7 Å². The monoisotopic (exact) mass is 323 g/mol. The molecule has 4 N–H and O–H groups in total. The molecule has 1 aromatic carbocycles. The first kappa shape index (κ1) is 16.7. The summed E-state index contributed by atoms with van der Waals surface area (Å²) in [5, 5.41) is -0.411. The summed E-state index contributed by atoms with van der Waals surface area (Å²) in [6.07, 6.45) is 0. The van der Waals surface area contributed by atoms with Gasteiger partial charge < -0.3 is 11.5 Å². The van der Waals surface area contributed by atoms with Gasteiger partial charge in [0.15, 0.2) is 5.82 Å². The molecule has 0 bridgehead atoms. The number of rotatable bonds is 5. The van der Waals surface area contributed by atoms with Crippen LogP contribution in [0.4, 0.5) is 10.1 Å². The lowest BCUT2D eigenvalue weighted by Gasteiger charge is -2.25. The molecule has 0 aliphatic carbocycles. The molecule has 0 saturated heterocycles. The summed E-state index contributed by atoms with van der Waals surface area (Å²) in [5.74, 6) is -1.96. The van der Waals surface area contributed by atoms with Crippen LogP contribution in [0.25, 0.3) is 0 Å². The predicted molar refractivity (Wildman–Crippen MR) is 74.0 cm³/mol. The molecule has 0 spiro atoms. The van der Waals surface area contributed by atoms with E-state index in [9.17, 15) is 17.6 Å². The molecule has 0 aromatic heterocycles. The van der Waals surface area contributed by atoms with E-state index >= 15 is 0 Å². The quantitative estimate of drug-likeness (QED) is 0.786. The molecule has 112 valence electrons. The van der Waals surface area contributed by atoms with Gasteiger partial charge in [0.05, 0.1) is 11.6 Å². The highest BCUT2D eigenvalue weighted by molar-refractivity contribution is 7.89. The van der Waals surface area contributed by atoms with Crippen LogP contribution in [0.15, 0.2) is 17.0 Å². The molecule has 0 saturated carbocycles. The van der Waals surface area contributed by atoms with Crippen molar-refractivity contribution < 1.29 is 17.6 Å². The van der Waals surface area contributed by atoms with Gasteiger partial charge in [-0.3, -0.25) is 4.79 Å². The summed E-state index contributed by atoms with van der Waals surface area (Å²) in [5.41, 5.74) is 10.5. The maximum Gasteiger partial charge on any atom is 0.246 e. The fraction of sp³-hybridized carbons (Fsp3) is 0.364. The van der Waals surface area contributed by atoms with E-state index < -0.39 is 44.3 Å². The maximum atomic E-state index is 13.9. The van der Waals surface area contributed by atoms with Crippen LogP contribution in [0.2, 0.25) is 5.02 Å². The van der Waals surface area contributed by atoms with Crippen molar-refractivity contribution in [2.45, 2.75) is 24.8 Å². The predicted octanol–water partition coefficient (Wildman–Crippen LogP) is 0.946.